The van der Waals surface area contributed by atoms with E-state index in [0.717, 1.165) is 5.75 Å². The molecule has 1 rings (SSSR count). The Morgan fingerprint density at radius 2 is 1.89 bits per heavy atom. The summed E-state index contributed by atoms with van der Waals surface area (Å²) >= 11 is 0. The van der Waals surface area contributed by atoms with Crippen LogP contribution in [0.3, 0.4) is 0 Å². The lowest BCUT2D eigenvalue weighted by Crippen LogP contribution is -2.36. The molecule has 0 saturated heterocycles. The molecule has 0 amide bonds. The maximum atomic E-state index is 11.2. The van der Waals surface area contributed by atoms with Gasteiger partial charge in [-0.05, 0) is 24.6 Å². The predicted molar refractivity (Wildman–Crippen MR) is 75.5 cm³/mol. The summed E-state index contributed by atoms with van der Waals surface area (Å²) in [6, 6.07) is 7.99. The molecule has 4 nitrogen and oxygen atoms in total. The second-order valence-electron chi connectivity index (χ2n) is 5.02. The van der Waals surface area contributed by atoms with Gasteiger partial charge in [0, 0.05) is 12.0 Å². The number of rotatable bonds is 7. The average molecular weight is 265 g/mol. The smallest absolute Gasteiger partial charge is 0.319 e. The van der Waals surface area contributed by atoms with E-state index in [-0.39, 0.29) is 17.9 Å². The minimum atomic E-state index is -0.215. The minimum absolute atomic E-state index is 0.0568. The van der Waals surface area contributed by atoms with Crippen molar-refractivity contribution in [2.75, 3.05) is 26.8 Å². The molecule has 0 aliphatic rings. The minimum Gasteiger partial charge on any atom is -0.497 e. The summed E-state index contributed by atoms with van der Waals surface area (Å²) in [6.07, 6.45) is 0. The fraction of sp³-hybridized carbons (Fsp3) is 0.533. The van der Waals surface area contributed by atoms with Crippen molar-refractivity contribution in [3.63, 3.8) is 0 Å². The highest BCUT2D eigenvalue weighted by Gasteiger charge is 2.20. The Bertz CT molecular complexity index is 398. The zero-order valence-electron chi connectivity index (χ0n) is 12.2. The molecule has 1 aromatic rings. The summed E-state index contributed by atoms with van der Waals surface area (Å²) < 4.78 is 10.0. The molecule has 19 heavy (non-hydrogen) atoms. The fourth-order valence-electron chi connectivity index (χ4n) is 1.83. The molecule has 0 saturated carbocycles. The van der Waals surface area contributed by atoms with Crippen LogP contribution in [0.4, 0.5) is 0 Å². The molecule has 0 atom stereocenters. The van der Waals surface area contributed by atoms with E-state index in [1.165, 1.54) is 5.56 Å². The van der Waals surface area contributed by atoms with E-state index in [2.05, 4.69) is 19.2 Å². The van der Waals surface area contributed by atoms with Crippen LogP contribution < -0.4 is 10.1 Å². The first-order valence-corrected chi connectivity index (χ1v) is 6.50. The summed E-state index contributed by atoms with van der Waals surface area (Å²) in [5.41, 5.74) is 1.14. The van der Waals surface area contributed by atoms with Crippen molar-refractivity contribution in [1.29, 1.82) is 0 Å². The molecule has 0 radical (unpaired) electrons. The van der Waals surface area contributed by atoms with Crippen molar-refractivity contribution in [2.24, 2.45) is 0 Å². The normalized spacial score (nSPS) is 11.2. The van der Waals surface area contributed by atoms with E-state index in [1.807, 2.05) is 24.3 Å². The summed E-state index contributed by atoms with van der Waals surface area (Å²) in [4.78, 5) is 11.2. The molecular weight excluding hydrogens is 242 g/mol. The monoisotopic (exact) mass is 265 g/mol. The first-order chi connectivity index (χ1) is 8.99. The lowest BCUT2D eigenvalue weighted by atomic mass is 9.84. The summed E-state index contributed by atoms with van der Waals surface area (Å²) in [5, 5.41) is 3.13. The number of benzene rings is 1. The predicted octanol–water partition coefficient (Wildman–Crippen LogP) is 2.13. The van der Waals surface area contributed by atoms with Gasteiger partial charge in [0.05, 0.1) is 20.3 Å². The van der Waals surface area contributed by atoms with Gasteiger partial charge in [0.2, 0.25) is 0 Å². The van der Waals surface area contributed by atoms with E-state index in [0.29, 0.717) is 13.2 Å². The third kappa shape index (κ3) is 4.91. The molecule has 106 valence electrons. The third-order valence-corrected chi connectivity index (χ3v) is 3.01. The van der Waals surface area contributed by atoms with E-state index >= 15 is 0 Å². The van der Waals surface area contributed by atoms with Crippen LogP contribution in [-0.4, -0.2) is 32.8 Å². The number of hydrogen-bond donors (Lipinski definition) is 1. The number of esters is 1. The molecule has 0 spiro atoms. The van der Waals surface area contributed by atoms with Crippen molar-refractivity contribution in [3.05, 3.63) is 29.8 Å². The van der Waals surface area contributed by atoms with Crippen molar-refractivity contribution in [1.82, 2.24) is 5.32 Å². The summed E-state index contributed by atoms with van der Waals surface area (Å²) in [6.45, 7) is 7.44. The molecule has 4 heteroatoms. The number of hydrogen-bond acceptors (Lipinski definition) is 4. The number of methoxy groups -OCH3 is 1. The first-order valence-electron chi connectivity index (χ1n) is 6.50. The molecule has 0 aromatic heterocycles. The second kappa shape index (κ2) is 7.14. The number of nitrogens with one attached hydrogen (secondary N) is 1. The number of carbonyl (C=O) groups excluding carboxylic acids is 1. The molecule has 0 unspecified atom stereocenters. The van der Waals surface area contributed by atoms with Gasteiger partial charge in [-0.25, -0.2) is 0 Å². The van der Waals surface area contributed by atoms with Crippen LogP contribution in [0.5, 0.6) is 5.75 Å². The molecule has 1 aromatic carbocycles. The van der Waals surface area contributed by atoms with E-state index < -0.39 is 0 Å². The zero-order chi connectivity index (χ0) is 14.3. The van der Waals surface area contributed by atoms with Crippen molar-refractivity contribution < 1.29 is 14.3 Å². The number of ether oxygens (including phenoxy) is 2. The maximum Gasteiger partial charge on any atom is 0.319 e. The molecule has 1 N–H and O–H groups in total. The largest absolute Gasteiger partial charge is 0.497 e. The van der Waals surface area contributed by atoms with Crippen LogP contribution in [0.25, 0.3) is 0 Å². The Balaban J connectivity index is 2.52. The van der Waals surface area contributed by atoms with Crippen LogP contribution in [0.2, 0.25) is 0 Å². The van der Waals surface area contributed by atoms with E-state index in [9.17, 15) is 4.79 Å². The fourth-order valence-corrected chi connectivity index (χ4v) is 1.83. The first kappa shape index (κ1) is 15.5. The Morgan fingerprint density at radius 3 is 2.42 bits per heavy atom. The van der Waals surface area contributed by atoms with Gasteiger partial charge in [-0.15, -0.1) is 0 Å². The Kier molecular flexibility index (Phi) is 5.83. The number of carbonyl (C=O) groups is 1. The van der Waals surface area contributed by atoms with Gasteiger partial charge in [0.15, 0.2) is 0 Å². The highest BCUT2D eigenvalue weighted by molar-refractivity contribution is 5.71. The van der Waals surface area contributed by atoms with Gasteiger partial charge < -0.3 is 14.8 Å². The van der Waals surface area contributed by atoms with Gasteiger partial charge in [-0.1, -0.05) is 26.0 Å². The highest BCUT2D eigenvalue weighted by Crippen LogP contribution is 2.24. The molecule has 0 fully saturated rings. The van der Waals surface area contributed by atoms with Crippen molar-refractivity contribution in [2.45, 2.75) is 26.2 Å². The lowest BCUT2D eigenvalue weighted by Gasteiger charge is -2.25. The van der Waals surface area contributed by atoms with Gasteiger partial charge >= 0.3 is 5.97 Å². The standard InChI is InChI=1S/C15H23NO3/c1-5-19-14(17)10-16-11-15(2,3)12-6-8-13(18-4)9-7-12/h6-9,16H,5,10-11H2,1-4H3. The Morgan fingerprint density at radius 1 is 1.26 bits per heavy atom. The average Bonchev–Trinajstić information content (AvgIpc) is 2.39. The van der Waals surface area contributed by atoms with Crippen LogP contribution in [0.1, 0.15) is 26.3 Å². The Labute approximate surface area is 115 Å². The SMILES string of the molecule is CCOC(=O)CNCC(C)(C)c1ccc(OC)cc1. The topological polar surface area (TPSA) is 47.6 Å². The quantitative estimate of drug-likeness (QED) is 0.767. The molecular formula is C15H23NO3. The molecule has 0 aliphatic heterocycles. The van der Waals surface area contributed by atoms with Crippen LogP contribution in [0.15, 0.2) is 24.3 Å². The maximum absolute atomic E-state index is 11.2. The van der Waals surface area contributed by atoms with Crippen molar-refractivity contribution >= 4 is 5.97 Å². The third-order valence-electron chi connectivity index (χ3n) is 3.01. The molecule has 0 heterocycles. The highest BCUT2D eigenvalue weighted by atomic mass is 16.5. The van der Waals surface area contributed by atoms with Crippen LogP contribution in [-0.2, 0) is 14.9 Å². The van der Waals surface area contributed by atoms with E-state index in [4.69, 9.17) is 9.47 Å². The van der Waals surface area contributed by atoms with Crippen molar-refractivity contribution in [3.8, 4) is 5.75 Å². The van der Waals surface area contributed by atoms with Gasteiger partial charge in [-0.3, -0.25) is 4.79 Å². The second-order valence-corrected chi connectivity index (χ2v) is 5.02. The van der Waals surface area contributed by atoms with E-state index in [1.54, 1.807) is 14.0 Å². The summed E-state index contributed by atoms with van der Waals surface area (Å²) in [7, 11) is 1.65. The molecule has 0 aliphatic carbocycles. The summed E-state index contributed by atoms with van der Waals surface area (Å²) in [5.74, 6) is 0.632. The zero-order valence-corrected chi connectivity index (χ0v) is 12.2. The Hall–Kier alpha value is -1.55. The van der Waals surface area contributed by atoms with Crippen LogP contribution >= 0.6 is 0 Å². The van der Waals surface area contributed by atoms with Gasteiger partial charge in [0.25, 0.3) is 0 Å². The molecule has 0 bridgehead atoms. The van der Waals surface area contributed by atoms with Gasteiger partial charge in [-0.2, -0.15) is 0 Å². The van der Waals surface area contributed by atoms with Gasteiger partial charge in [0.1, 0.15) is 5.75 Å². The lowest BCUT2D eigenvalue weighted by molar-refractivity contribution is -0.142. The van der Waals surface area contributed by atoms with Crippen LogP contribution in [0, 0.1) is 0 Å².